The van der Waals surface area contributed by atoms with Gasteiger partial charge < -0.3 is 9.47 Å². The highest BCUT2D eigenvalue weighted by molar-refractivity contribution is 7.85. The van der Waals surface area contributed by atoms with Crippen molar-refractivity contribution in [1.82, 2.24) is 5.06 Å². The van der Waals surface area contributed by atoms with Gasteiger partial charge >= 0.3 is 17.7 Å². The predicted octanol–water partition coefficient (Wildman–Crippen LogP) is 1.72. The lowest BCUT2D eigenvalue weighted by molar-refractivity contribution is -0.260. The summed E-state index contributed by atoms with van der Waals surface area (Å²) in [6.45, 7) is -0.717. The second-order valence-electron chi connectivity index (χ2n) is 7.98. The Morgan fingerprint density at radius 2 is 1.68 bits per heavy atom. The van der Waals surface area contributed by atoms with Crippen LogP contribution in [0, 0.1) is 5.92 Å². The van der Waals surface area contributed by atoms with Gasteiger partial charge in [-0.1, -0.05) is 60.7 Å². The van der Waals surface area contributed by atoms with Crippen LogP contribution in [-0.4, -0.2) is 56.5 Å². The topological polar surface area (TPSA) is 126 Å². The number of amides is 1. The van der Waals surface area contributed by atoms with Gasteiger partial charge in [0, 0.05) is 6.42 Å². The molecule has 1 unspecified atom stereocenters. The van der Waals surface area contributed by atoms with Crippen LogP contribution in [0.1, 0.15) is 30.1 Å². The molecule has 2 saturated heterocycles. The van der Waals surface area contributed by atoms with E-state index in [0.717, 1.165) is 6.26 Å². The monoisotopic (exact) mass is 489 g/mol. The van der Waals surface area contributed by atoms with Gasteiger partial charge in [-0.2, -0.15) is 13.5 Å². The highest BCUT2D eigenvalue weighted by Gasteiger charge is 2.60. The minimum absolute atomic E-state index is 0.131. The Kier molecular flexibility index (Phi) is 6.69. The second-order valence-corrected chi connectivity index (χ2v) is 9.62. The molecule has 2 aromatic rings. The Balaban J connectivity index is 1.61. The Hall–Kier alpha value is -3.28. The number of rotatable bonds is 8. The minimum Gasteiger partial charge on any atom is -0.448 e. The van der Waals surface area contributed by atoms with Crippen molar-refractivity contribution < 1.29 is 41.3 Å². The summed E-state index contributed by atoms with van der Waals surface area (Å²) in [6, 6.07) is 18.0. The van der Waals surface area contributed by atoms with E-state index in [1.807, 2.05) is 12.1 Å². The maximum Gasteiger partial charge on any atom is 0.376 e. The maximum absolute atomic E-state index is 13.5. The third-order valence-corrected chi connectivity index (χ3v) is 6.03. The van der Waals surface area contributed by atoms with Gasteiger partial charge in [0.2, 0.25) is 0 Å². The van der Waals surface area contributed by atoms with Crippen molar-refractivity contribution in [2.24, 2.45) is 5.92 Å². The summed E-state index contributed by atoms with van der Waals surface area (Å²) in [5.74, 6) is -3.42. The van der Waals surface area contributed by atoms with Crippen LogP contribution in [0.4, 0.5) is 0 Å². The van der Waals surface area contributed by atoms with Gasteiger partial charge in [-0.25, -0.2) is 4.79 Å². The molecule has 0 aliphatic carbocycles. The molecule has 2 heterocycles. The Morgan fingerprint density at radius 1 is 1.09 bits per heavy atom. The molecule has 0 bridgehead atoms. The summed E-state index contributed by atoms with van der Waals surface area (Å²) in [6.07, 6.45) is -0.288. The smallest absolute Gasteiger partial charge is 0.376 e. The minimum atomic E-state index is -3.79. The highest BCUT2D eigenvalue weighted by atomic mass is 32.2. The third kappa shape index (κ3) is 4.96. The lowest BCUT2D eigenvalue weighted by Gasteiger charge is -2.34. The van der Waals surface area contributed by atoms with Gasteiger partial charge in [0.25, 0.3) is 16.0 Å². The molecule has 2 fully saturated rings. The van der Waals surface area contributed by atoms with Gasteiger partial charge in [0.15, 0.2) is 6.10 Å². The summed E-state index contributed by atoms with van der Waals surface area (Å²) in [7, 11) is -3.79. The van der Waals surface area contributed by atoms with Crippen molar-refractivity contribution in [3.05, 3.63) is 71.8 Å². The molecule has 2 aromatic carbocycles. The van der Waals surface area contributed by atoms with Crippen molar-refractivity contribution in [1.29, 1.82) is 0 Å². The zero-order valence-electron chi connectivity index (χ0n) is 18.3. The van der Waals surface area contributed by atoms with Crippen molar-refractivity contribution in [3.8, 4) is 0 Å². The molecular weight excluding hydrogens is 466 g/mol. The van der Waals surface area contributed by atoms with Crippen LogP contribution >= 0.6 is 0 Å². The van der Waals surface area contributed by atoms with E-state index in [4.69, 9.17) is 18.5 Å². The first-order valence-electron chi connectivity index (χ1n) is 10.5. The molecule has 1 amide bonds. The van der Waals surface area contributed by atoms with Gasteiger partial charge in [-0.05, 0) is 11.1 Å². The Morgan fingerprint density at radius 3 is 2.18 bits per heavy atom. The number of carbonyl (C=O) groups excluding carboxylic acids is 3. The van der Waals surface area contributed by atoms with E-state index in [9.17, 15) is 22.8 Å². The van der Waals surface area contributed by atoms with Crippen molar-refractivity contribution >= 4 is 28.0 Å². The van der Waals surface area contributed by atoms with Crippen LogP contribution < -0.4 is 0 Å². The molecule has 2 atom stereocenters. The van der Waals surface area contributed by atoms with E-state index in [2.05, 4.69) is 0 Å². The number of hydrogen-bond acceptors (Lipinski definition) is 9. The average molecular weight is 490 g/mol. The molecule has 0 aromatic heterocycles. The molecular formula is C23H23NO9S. The van der Waals surface area contributed by atoms with E-state index >= 15 is 0 Å². The summed E-state index contributed by atoms with van der Waals surface area (Å²) in [5, 5.41) is 0.684. The predicted molar refractivity (Wildman–Crippen MR) is 116 cm³/mol. The molecule has 180 valence electrons. The van der Waals surface area contributed by atoms with E-state index in [1.165, 1.54) is 0 Å². The zero-order chi connectivity index (χ0) is 24.3. The van der Waals surface area contributed by atoms with Crippen LogP contribution in [0.25, 0.3) is 0 Å². The zero-order valence-corrected chi connectivity index (χ0v) is 19.1. The lowest BCUT2D eigenvalue weighted by atomic mass is 10.0. The fourth-order valence-corrected chi connectivity index (χ4v) is 4.20. The molecule has 10 nitrogen and oxygen atoms in total. The third-order valence-electron chi connectivity index (χ3n) is 5.46. The maximum atomic E-state index is 13.5. The van der Waals surface area contributed by atoms with Crippen molar-refractivity contribution in [3.63, 3.8) is 0 Å². The summed E-state index contributed by atoms with van der Waals surface area (Å²) < 4.78 is 38.5. The van der Waals surface area contributed by atoms with Gasteiger partial charge in [-0.3, -0.25) is 18.6 Å². The number of nitrogens with zero attached hydrogens (tertiary/aromatic N) is 1. The molecule has 34 heavy (non-hydrogen) atoms. The van der Waals surface area contributed by atoms with Crippen molar-refractivity contribution in [2.75, 3.05) is 19.5 Å². The normalized spacial score (nSPS) is 22.8. The quantitative estimate of drug-likeness (QED) is 0.402. The molecule has 0 saturated carbocycles. The van der Waals surface area contributed by atoms with E-state index < -0.39 is 52.3 Å². The summed E-state index contributed by atoms with van der Waals surface area (Å²) in [4.78, 5) is 44.0. The van der Waals surface area contributed by atoms with Crippen LogP contribution in [0.2, 0.25) is 0 Å². The van der Waals surface area contributed by atoms with Crippen molar-refractivity contribution in [2.45, 2.75) is 24.7 Å². The van der Waals surface area contributed by atoms with E-state index in [-0.39, 0.29) is 19.4 Å². The fraction of sp³-hybridized carbons (Fsp3) is 0.348. The van der Waals surface area contributed by atoms with Crippen LogP contribution in [-0.2, 0) is 43.0 Å². The first-order valence-corrected chi connectivity index (χ1v) is 12.4. The number of carbonyl (C=O) groups is 3. The number of ether oxygens (including phenoxy) is 2. The SMILES string of the molecule is CS(=O)(=O)OC[C@@H]1CON(C2(C(=O)OC(c3ccccc3)c3ccccc3)CCC(=O)O2)C1=O. The number of cyclic esters (lactones) is 1. The largest absolute Gasteiger partial charge is 0.448 e. The highest BCUT2D eigenvalue weighted by Crippen LogP contribution is 2.38. The summed E-state index contributed by atoms with van der Waals surface area (Å²) >= 11 is 0. The lowest BCUT2D eigenvalue weighted by Crippen LogP contribution is -2.56. The molecule has 4 rings (SSSR count). The molecule has 0 radical (unpaired) electrons. The first-order chi connectivity index (χ1) is 16.2. The fourth-order valence-electron chi connectivity index (χ4n) is 3.79. The van der Waals surface area contributed by atoms with Crippen LogP contribution in [0.5, 0.6) is 0 Å². The number of hydrogen-bond donors (Lipinski definition) is 0. The van der Waals surface area contributed by atoms with E-state index in [1.54, 1.807) is 48.5 Å². The number of hydroxylamine groups is 2. The van der Waals surface area contributed by atoms with Gasteiger partial charge in [0.1, 0.15) is 0 Å². The molecule has 2 aliphatic heterocycles. The number of esters is 2. The average Bonchev–Trinajstić information content (AvgIpc) is 3.39. The molecule has 0 spiro atoms. The van der Waals surface area contributed by atoms with E-state index in [0.29, 0.717) is 16.2 Å². The summed E-state index contributed by atoms with van der Waals surface area (Å²) in [5.41, 5.74) is -0.778. The van der Waals surface area contributed by atoms with Gasteiger partial charge in [-0.15, -0.1) is 0 Å². The molecule has 11 heteroatoms. The van der Waals surface area contributed by atoms with Gasteiger partial charge in [0.05, 0.1) is 31.8 Å². The Labute approximate surface area is 196 Å². The molecule has 2 aliphatic rings. The first kappa shape index (κ1) is 23.9. The molecule has 0 N–H and O–H groups in total. The Bertz CT molecular complexity index is 1130. The second kappa shape index (κ2) is 9.53. The van der Waals surface area contributed by atoms with Crippen LogP contribution in [0.15, 0.2) is 60.7 Å². The number of benzene rings is 2. The van der Waals surface area contributed by atoms with Crippen LogP contribution in [0.3, 0.4) is 0 Å². The standard InChI is InChI=1S/C23H23NO9S/c1-34(28,29)31-15-18-14-30-24(21(18)26)23(13-12-19(25)33-23)22(27)32-20(16-8-4-2-5-9-16)17-10-6-3-7-11-17/h2-11,18,20H,12-15H2,1H3/t18-,23?/m0/s1.